The van der Waals surface area contributed by atoms with Gasteiger partial charge in [-0.25, -0.2) is 0 Å². The molecule has 82 valence electrons. The van der Waals surface area contributed by atoms with E-state index < -0.39 is 0 Å². The lowest BCUT2D eigenvalue weighted by Crippen LogP contribution is -2.41. The molecule has 1 unspecified atom stereocenters. The molecule has 0 radical (unpaired) electrons. The number of rotatable bonds is 2. The summed E-state index contributed by atoms with van der Waals surface area (Å²) < 4.78 is 5.53. The summed E-state index contributed by atoms with van der Waals surface area (Å²) in [6, 6.07) is 8.72. The Morgan fingerprint density at radius 1 is 1.40 bits per heavy atom. The highest BCUT2D eigenvalue weighted by Crippen LogP contribution is 2.19. The minimum Gasteiger partial charge on any atom is -0.375 e. The number of nitrogens with zero attached hydrogens (tertiary/aromatic N) is 1. The first-order valence-corrected chi connectivity index (χ1v) is 6.43. The van der Waals surface area contributed by atoms with Crippen LogP contribution in [0.25, 0.3) is 0 Å². The summed E-state index contributed by atoms with van der Waals surface area (Å²) in [6.45, 7) is 4.95. The molecule has 0 N–H and O–H groups in total. The average Bonchev–Trinajstić information content (AvgIpc) is 2.29. The molecular weight excluding hydrogens is 254 g/mol. The van der Waals surface area contributed by atoms with Gasteiger partial charge in [0.05, 0.1) is 12.7 Å². The van der Waals surface area contributed by atoms with Gasteiger partial charge in [0.2, 0.25) is 0 Å². The molecular formula is C12H16BrNO. The Balaban J connectivity index is 2.07. The van der Waals surface area contributed by atoms with Crippen LogP contribution in [0.5, 0.6) is 0 Å². The van der Waals surface area contributed by atoms with Crippen molar-refractivity contribution >= 4 is 21.6 Å². The predicted molar refractivity (Wildman–Crippen MR) is 66.7 cm³/mol. The monoisotopic (exact) mass is 269 g/mol. The van der Waals surface area contributed by atoms with Gasteiger partial charge >= 0.3 is 0 Å². The Kier molecular flexibility index (Phi) is 3.65. The van der Waals surface area contributed by atoms with Crippen molar-refractivity contribution in [3.63, 3.8) is 0 Å². The van der Waals surface area contributed by atoms with Crippen LogP contribution in [0.2, 0.25) is 0 Å². The van der Waals surface area contributed by atoms with Crippen LogP contribution < -0.4 is 4.90 Å². The molecule has 1 aromatic carbocycles. The van der Waals surface area contributed by atoms with E-state index in [4.69, 9.17) is 4.74 Å². The zero-order chi connectivity index (χ0) is 10.7. The summed E-state index contributed by atoms with van der Waals surface area (Å²) in [5.74, 6) is 0. The minimum absolute atomic E-state index is 0.342. The number of hydrogen-bond donors (Lipinski definition) is 0. The maximum absolute atomic E-state index is 5.53. The molecule has 0 aromatic heterocycles. The van der Waals surface area contributed by atoms with Crippen molar-refractivity contribution in [1.82, 2.24) is 0 Å². The van der Waals surface area contributed by atoms with E-state index in [1.54, 1.807) is 0 Å². The van der Waals surface area contributed by atoms with Crippen LogP contribution in [0.4, 0.5) is 5.69 Å². The summed E-state index contributed by atoms with van der Waals surface area (Å²) in [5, 5.41) is 0.923. The molecule has 1 atom stereocenters. The fourth-order valence-electron chi connectivity index (χ4n) is 1.85. The molecule has 15 heavy (non-hydrogen) atoms. The van der Waals surface area contributed by atoms with Crippen LogP contribution in [-0.4, -0.2) is 25.8 Å². The first-order valence-electron chi connectivity index (χ1n) is 5.31. The highest BCUT2D eigenvalue weighted by atomic mass is 79.9. The lowest BCUT2D eigenvalue weighted by molar-refractivity contribution is 0.0532. The lowest BCUT2D eigenvalue weighted by Gasteiger charge is -2.33. The maximum atomic E-state index is 5.53. The number of alkyl halides is 1. The van der Waals surface area contributed by atoms with Gasteiger partial charge in [-0.15, -0.1) is 0 Å². The summed E-state index contributed by atoms with van der Waals surface area (Å²) in [5.41, 5.74) is 2.62. The van der Waals surface area contributed by atoms with Gasteiger partial charge in [0, 0.05) is 24.1 Å². The number of hydrogen-bond acceptors (Lipinski definition) is 2. The fraction of sp³-hybridized carbons (Fsp3) is 0.500. The fourth-order valence-corrected chi connectivity index (χ4v) is 2.22. The first kappa shape index (κ1) is 11.0. The third kappa shape index (κ3) is 2.73. The molecule has 1 fully saturated rings. The molecule has 3 heteroatoms. The van der Waals surface area contributed by atoms with E-state index >= 15 is 0 Å². The molecule has 0 amide bonds. The van der Waals surface area contributed by atoms with Crippen LogP contribution in [0, 0.1) is 0 Å². The van der Waals surface area contributed by atoms with E-state index in [1.165, 1.54) is 11.3 Å². The van der Waals surface area contributed by atoms with Crippen molar-refractivity contribution < 1.29 is 4.74 Å². The zero-order valence-corrected chi connectivity index (χ0v) is 10.5. The number of morpholine rings is 1. The Morgan fingerprint density at radius 3 is 2.73 bits per heavy atom. The molecule has 1 aromatic rings. The van der Waals surface area contributed by atoms with E-state index in [2.05, 4.69) is 52.0 Å². The number of halogens is 1. The van der Waals surface area contributed by atoms with Gasteiger partial charge < -0.3 is 9.64 Å². The summed E-state index contributed by atoms with van der Waals surface area (Å²) >= 11 is 3.45. The Bertz CT molecular complexity index is 312. The quantitative estimate of drug-likeness (QED) is 0.766. The van der Waals surface area contributed by atoms with Gasteiger partial charge in [-0.3, -0.25) is 0 Å². The summed E-state index contributed by atoms with van der Waals surface area (Å²) in [6.07, 6.45) is 0.342. The summed E-state index contributed by atoms with van der Waals surface area (Å²) in [7, 11) is 0. The van der Waals surface area contributed by atoms with Crippen LogP contribution in [-0.2, 0) is 10.1 Å². The van der Waals surface area contributed by atoms with Crippen molar-refractivity contribution in [2.45, 2.75) is 18.4 Å². The van der Waals surface area contributed by atoms with Crippen LogP contribution in [0.3, 0.4) is 0 Å². The second-order valence-electron chi connectivity index (χ2n) is 3.93. The second-order valence-corrected chi connectivity index (χ2v) is 4.49. The molecule has 0 spiro atoms. The van der Waals surface area contributed by atoms with E-state index in [9.17, 15) is 0 Å². The van der Waals surface area contributed by atoms with E-state index in [1.807, 2.05) is 0 Å². The van der Waals surface area contributed by atoms with Crippen molar-refractivity contribution in [2.75, 3.05) is 24.6 Å². The third-order valence-electron chi connectivity index (χ3n) is 2.70. The van der Waals surface area contributed by atoms with E-state index in [-0.39, 0.29) is 0 Å². The highest BCUT2D eigenvalue weighted by molar-refractivity contribution is 9.08. The SMILES string of the molecule is CC1CN(c2ccc(CBr)cc2)CCO1. The van der Waals surface area contributed by atoms with Crippen LogP contribution in [0.15, 0.2) is 24.3 Å². The molecule has 0 saturated carbocycles. The lowest BCUT2D eigenvalue weighted by atomic mass is 10.2. The maximum Gasteiger partial charge on any atom is 0.0722 e. The van der Waals surface area contributed by atoms with Gasteiger partial charge in [-0.2, -0.15) is 0 Å². The Labute approximate surface area is 99.4 Å². The largest absolute Gasteiger partial charge is 0.375 e. The highest BCUT2D eigenvalue weighted by Gasteiger charge is 2.16. The van der Waals surface area contributed by atoms with Gasteiger partial charge in [-0.1, -0.05) is 28.1 Å². The molecule has 1 heterocycles. The third-order valence-corrected chi connectivity index (χ3v) is 3.34. The predicted octanol–water partition coefficient (Wildman–Crippen LogP) is 2.81. The van der Waals surface area contributed by atoms with Crippen molar-refractivity contribution in [1.29, 1.82) is 0 Å². The van der Waals surface area contributed by atoms with E-state index in [0.717, 1.165) is 25.0 Å². The Hall–Kier alpha value is -0.540. The second kappa shape index (κ2) is 4.99. The standard InChI is InChI=1S/C12H16BrNO/c1-10-9-14(6-7-15-10)12-4-2-11(8-13)3-5-12/h2-5,10H,6-9H2,1H3. The molecule has 0 bridgehead atoms. The first-order chi connectivity index (χ1) is 7.29. The normalized spacial score (nSPS) is 21.7. The number of ether oxygens (including phenoxy) is 1. The van der Waals surface area contributed by atoms with Gasteiger partial charge in [0.25, 0.3) is 0 Å². The van der Waals surface area contributed by atoms with Gasteiger partial charge in [0.15, 0.2) is 0 Å². The van der Waals surface area contributed by atoms with Crippen molar-refractivity contribution in [2.24, 2.45) is 0 Å². The minimum atomic E-state index is 0.342. The smallest absolute Gasteiger partial charge is 0.0722 e. The topological polar surface area (TPSA) is 12.5 Å². The molecule has 0 aliphatic carbocycles. The molecule has 2 rings (SSSR count). The zero-order valence-electron chi connectivity index (χ0n) is 8.95. The van der Waals surface area contributed by atoms with Crippen molar-refractivity contribution in [3.8, 4) is 0 Å². The van der Waals surface area contributed by atoms with E-state index in [0.29, 0.717) is 6.10 Å². The average molecular weight is 270 g/mol. The molecule has 2 nitrogen and oxygen atoms in total. The molecule has 1 aliphatic rings. The van der Waals surface area contributed by atoms with Crippen LogP contribution in [0.1, 0.15) is 12.5 Å². The number of benzene rings is 1. The Morgan fingerprint density at radius 2 is 2.13 bits per heavy atom. The van der Waals surface area contributed by atoms with Crippen LogP contribution >= 0.6 is 15.9 Å². The summed E-state index contributed by atoms with van der Waals surface area (Å²) in [4.78, 5) is 2.38. The van der Waals surface area contributed by atoms with Crippen molar-refractivity contribution in [3.05, 3.63) is 29.8 Å². The molecule has 1 aliphatic heterocycles. The molecule has 1 saturated heterocycles. The number of anilines is 1. The van der Waals surface area contributed by atoms with Gasteiger partial charge in [0.1, 0.15) is 0 Å². The van der Waals surface area contributed by atoms with Gasteiger partial charge in [-0.05, 0) is 24.6 Å².